The van der Waals surface area contributed by atoms with Gasteiger partial charge in [0.25, 0.3) is 5.79 Å². The average Bonchev–Trinajstić information content (AvgIpc) is 3.02. The number of carbonyl (C=O) groups is 2. The van der Waals surface area contributed by atoms with Crippen LogP contribution in [0.3, 0.4) is 0 Å². The molecule has 3 heterocycles. The second-order valence-electron chi connectivity index (χ2n) is 11.4. The molecule has 16 unspecified atom stereocenters. The van der Waals surface area contributed by atoms with Gasteiger partial charge in [-0.15, -0.1) is 0 Å². The summed E-state index contributed by atoms with van der Waals surface area (Å²) in [5.41, 5.74) is 0. The summed E-state index contributed by atoms with van der Waals surface area (Å²) in [4.78, 5) is 24.4. The van der Waals surface area contributed by atoms with Gasteiger partial charge >= 0.3 is 5.97 Å². The van der Waals surface area contributed by atoms with E-state index in [0.29, 0.717) is 0 Å². The Hall–Kier alpha value is -1.31. The largest absolute Gasteiger partial charge is 0.477 e. The summed E-state index contributed by atoms with van der Waals surface area (Å²) in [7, 11) is 0. The van der Waals surface area contributed by atoms with E-state index >= 15 is 0 Å². The van der Waals surface area contributed by atoms with Gasteiger partial charge in [-0.25, -0.2) is 4.79 Å². The summed E-state index contributed by atoms with van der Waals surface area (Å²) in [5, 5.41) is 106. The van der Waals surface area contributed by atoms with E-state index in [1.807, 2.05) is 0 Å². The molecular weight excluding hydrogens is 646 g/mol. The van der Waals surface area contributed by atoms with Crippen molar-refractivity contribution < 1.29 is 89.1 Å². The zero-order valence-corrected chi connectivity index (χ0v) is 26.0. The Morgan fingerprint density at radius 1 is 0.978 bits per heavy atom. The van der Waals surface area contributed by atoms with E-state index in [-0.39, 0.29) is 12.4 Å². The van der Waals surface area contributed by atoms with Gasteiger partial charge in [0.1, 0.15) is 61.0 Å². The van der Waals surface area contributed by atoms with E-state index in [2.05, 4.69) is 17.9 Å². The average molecular weight is 692 g/mol. The lowest BCUT2D eigenvalue weighted by molar-refractivity contribution is -0.384. The maximum atomic E-state index is 12.6. The monoisotopic (exact) mass is 691 g/mol. The van der Waals surface area contributed by atoms with Crippen LogP contribution in [-0.4, -0.2) is 187 Å². The number of hydrogen-bond acceptors (Lipinski definition) is 18. The first-order valence-corrected chi connectivity index (χ1v) is 15.2. The summed E-state index contributed by atoms with van der Waals surface area (Å²) >= 11 is 4.04. The molecule has 11 N–H and O–H groups in total. The number of thiol groups is 1. The molecule has 0 spiro atoms. The van der Waals surface area contributed by atoms with Crippen LogP contribution < -0.4 is 5.32 Å². The molecule has 268 valence electrons. The van der Waals surface area contributed by atoms with E-state index in [0.717, 1.165) is 6.92 Å². The van der Waals surface area contributed by atoms with Crippen LogP contribution in [0, 0.1) is 5.92 Å². The van der Waals surface area contributed by atoms with E-state index in [9.17, 15) is 60.7 Å². The molecule has 0 aromatic heterocycles. The highest BCUT2D eigenvalue weighted by Crippen LogP contribution is 2.40. The number of carboxylic acids is 1. The van der Waals surface area contributed by atoms with Crippen LogP contribution in [0.25, 0.3) is 0 Å². The number of aliphatic hydroxyl groups excluding tert-OH is 9. The van der Waals surface area contributed by atoms with E-state index in [1.165, 1.54) is 6.92 Å². The highest BCUT2D eigenvalue weighted by molar-refractivity contribution is 7.80. The molecule has 0 aromatic carbocycles. The third-order valence-electron chi connectivity index (χ3n) is 8.21. The minimum absolute atomic E-state index is 0.0392. The van der Waals surface area contributed by atoms with Crippen molar-refractivity contribution in [2.45, 2.75) is 112 Å². The highest BCUT2D eigenvalue weighted by atomic mass is 32.1. The SMILES string of the molecule is CC(=O)NC1C(OCCS)OC(CO)C(OC2OC(CO)C(O)C(OC3(C(=O)O)CC(O)C(C)C(C(O)C(O)CO)O3)C2O)C1O. The zero-order valence-electron chi connectivity index (χ0n) is 25.1. The van der Waals surface area contributed by atoms with Gasteiger partial charge in [-0.05, 0) is 0 Å². The molecule has 0 aromatic rings. The lowest BCUT2D eigenvalue weighted by Crippen LogP contribution is -2.69. The van der Waals surface area contributed by atoms with Crippen LogP contribution in [0.2, 0.25) is 0 Å². The minimum atomic E-state index is -2.86. The first kappa shape index (κ1) is 39.1. The van der Waals surface area contributed by atoms with Crippen LogP contribution in [0.5, 0.6) is 0 Å². The summed E-state index contributed by atoms with van der Waals surface area (Å²) in [6.07, 6.45) is -23.0. The van der Waals surface area contributed by atoms with Crippen molar-refractivity contribution in [2.75, 3.05) is 32.2 Å². The van der Waals surface area contributed by atoms with Gasteiger partial charge in [0.2, 0.25) is 5.91 Å². The number of ether oxygens (including phenoxy) is 6. The quantitative estimate of drug-likeness (QED) is 0.0755. The summed E-state index contributed by atoms with van der Waals surface area (Å²) in [6.45, 7) is -0.0289. The van der Waals surface area contributed by atoms with Crippen LogP contribution in [0.1, 0.15) is 20.3 Å². The van der Waals surface area contributed by atoms with Crippen LogP contribution in [0.4, 0.5) is 0 Å². The Morgan fingerprint density at radius 3 is 2.15 bits per heavy atom. The predicted molar refractivity (Wildman–Crippen MR) is 151 cm³/mol. The molecule has 0 aliphatic carbocycles. The Morgan fingerprint density at radius 2 is 1.61 bits per heavy atom. The van der Waals surface area contributed by atoms with Crippen molar-refractivity contribution in [1.82, 2.24) is 5.32 Å². The number of carbonyl (C=O) groups excluding carboxylic acids is 1. The molecule has 16 atom stereocenters. The summed E-state index contributed by atoms with van der Waals surface area (Å²) < 4.78 is 33.7. The first-order chi connectivity index (χ1) is 21.7. The molecular formula is C26H45NO18S. The minimum Gasteiger partial charge on any atom is -0.477 e. The number of rotatable bonds is 14. The number of aliphatic hydroxyl groups is 9. The van der Waals surface area contributed by atoms with Gasteiger partial charge in [0.15, 0.2) is 12.6 Å². The lowest BCUT2D eigenvalue weighted by atomic mass is 9.84. The molecule has 0 radical (unpaired) electrons. The first-order valence-electron chi connectivity index (χ1n) is 14.6. The molecule has 1 amide bonds. The van der Waals surface area contributed by atoms with Crippen molar-refractivity contribution in [3.05, 3.63) is 0 Å². The van der Waals surface area contributed by atoms with Gasteiger partial charge in [0, 0.05) is 25.0 Å². The Kier molecular flexibility index (Phi) is 14.4. The maximum absolute atomic E-state index is 12.6. The molecule has 20 heteroatoms. The van der Waals surface area contributed by atoms with Crippen LogP contribution in [-0.2, 0) is 38.0 Å². The van der Waals surface area contributed by atoms with E-state index in [4.69, 9.17) is 28.4 Å². The Bertz CT molecular complexity index is 998. The number of carboxylic acid groups (broad SMARTS) is 1. The molecule has 3 fully saturated rings. The zero-order chi connectivity index (χ0) is 34.5. The summed E-state index contributed by atoms with van der Waals surface area (Å²) in [6, 6.07) is -1.26. The van der Waals surface area contributed by atoms with Gasteiger partial charge in [-0.2, -0.15) is 12.6 Å². The second-order valence-corrected chi connectivity index (χ2v) is 11.9. The fourth-order valence-electron chi connectivity index (χ4n) is 5.64. The highest BCUT2D eigenvalue weighted by Gasteiger charge is 2.59. The van der Waals surface area contributed by atoms with E-state index in [1.54, 1.807) is 0 Å². The van der Waals surface area contributed by atoms with Gasteiger partial charge in [-0.3, -0.25) is 4.79 Å². The van der Waals surface area contributed by atoms with Crippen LogP contribution >= 0.6 is 12.6 Å². The topological polar surface area (TPSA) is 304 Å². The van der Waals surface area contributed by atoms with Crippen molar-refractivity contribution in [1.29, 1.82) is 0 Å². The third kappa shape index (κ3) is 8.45. The Labute approximate surface area is 268 Å². The van der Waals surface area contributed by atoms with Crippen LogP contribution in [0.15, 0.2) is 0 Å². The molecule has 19 nitrogen and oxygen atoms in total. The van der Waals surface area contributed by atoms with Crippen molar-refractivity contribution in [3.8, 4) is 0 Å². The van der Waals surface area contributed by atoms with E-state index < -0.39 is 136 Å². The standard InChI is InChI=1S/C26H45NO18S/c1-9-11(32)5-26(25(38)39,44-20(9)16(34)12(33)6-28)45-22-17(35)13(7-29)41-24(19(22)37)43-21-14(8-30)42-23(40-3-4-46)15(18(21)36)27-10(2)31/h9,11-24,28-30,32-37,46H,3-8H2,1-2H3,(H,27,31)(H,38,39). The predicted octanol–water partition coefficient (Wildman–Crippen LogP) is -5.99. The molecule has 3 aliphatic rings. The molecule has 3 rings (SSSR count). The fourth-order valence-corrected chi connectivity index (χ4v) is 5.75. The second kappa shape index (κ2) is 16.9. The fraction of sp³-hybridized carbons (Fsp3) is 0.923. The van der Waals surface area contributed by atoms with Crippen molar-refractivity contribution in [3.63, 3.8) is 0 Å². The van der Waals surface area contributed by atoms with Crippen molar-refractivity contribution in [2.24, 2.45) is 5.92 Å². The number of aliphatic carboxylic acids is 1. The number of amides is 1. The number of hydrogen-bond donors (Lipinski definition) is 12. The molecule has 0 saturated carbocycles. The maximum Gasteiger partial charge on any atom is 0.364 e. The Balaban J connectivity index is 1.92. The lowest BCUT2D eigenvalue weighted by Gasteiger charge is -2.50. The van der Waals surface area contributed by atoms with Gasteiger partial charge in [0.05, 0.1) is 38.6 Å². The smallest absolute Gasteiger partial charge is 0.364 e. The number of nitrogens with one attached hydrogen (secondary N) is 1. The molecule has 46 heavy (non-hydrogen) atoms. The molecule has 0 bridgehead atoms. The van der Waals surface area contributed by atoms with Gasteiger partial charge < -0.3 is 84.8 Å². The molecule has 3 saturated heterocycles. The molecule has 3 aliphatic heterocycles. The van der Waals surface area contributed by atoms with Crippen molar-refractivity contribution >= 4 is 24.5 Å². The summed E-state index contributed by atoms with van der Waals surface area (Å²) in [5.74, 6) is -6.05. The van der Waals surface area contributed by atoms with Gasteiger partial charge in [-0.1, -0.05) is 6.92 Å². The normalized spacial score (nSPS) is 43.1. The third-order valence-corrected chi connectivity index (χ3v) is 8.39.